The third-order valence-electron chi connectivity index (χ3n) is 5.46. The summed E-state index contributed by atoms with van der Waals surface area (Å²) < 4.78 is 0. The molecule has 0 bridgehead atoms. The summed E-state index contributed by atoms with van der Waals surface area (Å²) in [5, 5.41) is 14.1. The Hall–Kier alpha value is -2.99. The van der Waals surface area contributed by atoms with E-state index in [1.54, 1.807) is 6.20 Å². The summed E-state index contributed by atoms with van der Waals surface area (Å²) in [5.74, 6) is -2.57. The van der Waals surface area contributed by atoms with Crippen LogP contribution in [0.1, 0.15) is 44.7 Å². The number of nitrogens with zero attached hydrogens (tertiary/aromatic N) is 2. The third-order valence-corrected chi connectivity index (χ3v) is 5.46. The van der Waals surface area contributed by atoms with Crippen molar-refractivity contribution in [3.8, 4) is 0 Å². The normalized spacial score (nSPS) is 18.6. The number of carboxylic acid groups (broad SMARTS) is 1. The molecular weight excluding hydrogens is 418 g/mol. The minimum Gasteiger partial charge on any atom is -0.480 e. The van der Waals surface area contributed by atoms with Crippen molar-refractivity contribution in [3.05, 3.63) is 18.2 Å². The molecule has 4 unspecified atom stereocenters. The Morgan fingerprint density at radius 3 is 2.69 bits per heavy atom. The maximum Gasteiger partial charge on any atom is 0.325 e. The first-order chi connectivity index (χ1) is 15.2. The summed E-state index contributed by atoms with van der Waals surface area (Å²) >= 11 is 0. The number of amides is 3. The summed E-state index contributed by atoms with van der Waals surface area (Å²) in [6, 6.07) is -3.59. The van der Waals surface area contributed by atoms with Crippen molar-refractivity contribution in [1.29, 1.82) is 0 Å². The molecule has 1 aliphatic heterocycles. The van der Waals surface area contributed by atoms with Crippen molar-refractivity contribution >= 4 is 23.7 Å². The van der Waals surface area contributed by atoms with Crippen molar-refractivity contribution in [2.24, 2.45) is 11.5 Å². The standard InChI is InChI=1S/C20H33N7O5/c1-12(20(31)32)25-17(28)15(5-2-3-7-21)26-18(29)16-6-4-8-27(16)19(30)14(22)9-13-10-23-11-24-13/h10-12,14-16H,2-9,21-22H2,1H3,(H,23,24)(H,25,28)(H,26,29)(H,31,32). The number of nitrogens with one attached hydrogen (secondary N) is 3. The molecule has 2 rings (SSSR count). The van der Waals surface area contributed by atoms with Gasteiger partial charge in [0, 0.05) is 24.9 Å². The molecule has 12 nitrogen and oxygen atoms in total. The number of imidazole rings is 1. The smallest absolute Gasteiger partial charge is 0.325 e. The molecule has 0 aromatic carbocycles. The zero-order chi connectivity index (χ0) is 23.7. The number of likely N-dealkylation sites (tertiary alicyclic amines) is 1. The average Bonchev–Trinajstić information content (AvgIpc) is 3.44. The maximum atomic E-state index is 13.0. The molecule has 178 valence electrons. The highest BCUT2D eigenvalue weighted by molar-refractivity contribution is 5.94. The largest absolute Gasteiger partial charge is 0.480 e. The minimum absolute atomic E-state index is 0.265. The highest BCUT2D eigenvalue weighted by atomic mass is 16.4. The summed E-state index contributed by atoms with van der Waals surface area (Å²) in [5.41, 5.74) is 12.3. The van der Waals surface area contributed by atoms with E-state index in [2.05, 4.69) is 20.6 Å². The van der Waals surface area contributed by atoms with Crippen LogP contribution >= 0.6 is 0 Å². The van der Waals surface area contributed by atoms with Gasteiger partial charge in [-0.05, 0) is 45.6 Å². The maximum absolute atomic E-state index is 13.0. The average molecular weight is 452 g/mol. The number of hydrogen-bond acceptors (Lipinski definition) is 7. The van der Waals surface area contributed by atoms with Gasteiger partial charge in [-0.3, -0.25) is 19.2 Å². The number of aliphatic carboxylic acids is 1. The number of nitrogens with two attached hydrogens (primary N) is 2. The number of H-pyrrole nitrogens is 1. The second kappa shape index (κ2) is 12.2. The molecule has 1 aromatic heterocycles. The van der Waals surface area contributed by atoms with Crippen LogP contribution in [0, 0.1) is 0 Å². The Labute approximate surface area is 186 Å². The monoisotopic (exact) mass is 451 g/mol. The number of aromatic nitrogens is 2. The van der Waals surface area contributed by atoms with Crippen LogP contribution in [0.3, 0.4) is 0 Å². The fraction of sp³-hybridized carbons (Fsp3) is 0.650. The van der Waals surface area contributed by atoms with E-state index in [1.807, 2.05) is 0 Å². The van der Waals surface area contributed by atoms with Gasteiger partial charge in [-0.1, -0.05) is 0 Å². The van der Waals surface area contributed by atoms with Crippen molar-refractivity contribution in [3.63, 3.8) is 0 Å². The van der Waals surface area contributed by atoms with E-state index in [-0.39, 0.29) is 12.3 Å². The van der Waals surface area contributed by atoms with Crippen LogP contribution in [0.25, 0.3) is 0 Å². The highest BCUT2D eigenvalue weighted by Gasteiger charge is 2.37. The highest BCUT2D eigenvalue weighted by Crippen LogP contribution is 2.19. The first-order valence-corrected chi connectivity index (χ1v) is 10.8. The molecule has 0 spiro atoms. The van der Waals surface area contributed by atoms with Gasteiger partial charge in [0.05, 0.1) is 12.4 Å². The van der Waals surface area contributed by atoms with Crippen LogP contribution in [0.15, 0.2) is 12.5 Å². The number of hydrogen-bond donors (Lipinski definition) is 6. The Morgan fingerprint density at radius 2 is 2.06 bits per heavy atom. The van der Waals surface area contributed by atoms with E-state index in [0.717, 1.165) is 5.69 Å². The lowest BCUT2D eigenvalue weighted by atomic mass is 10.1. The SMILES string of the molecule is CC(NC(=O)C(CCCCN)NC(=O)C1CCCN1C(=O)C(N)Cc1cnc[nH]1)C(=O)O. The van der Waals surface area contributed by atoms with Gasteiger partial charge in [0.2, 0.25) is 17.7 Å². The zero-order valence-electron chi connectivity index (χ0n) is 18.3. The van der Waals surface area contributed by atoms with Gasteiger partial charge >= 0.3 is 5.97 Å². The summed E-state index contributed by atoms with van der Waals surface area (Å²) in [6.45, 7) is 2.18. The fourth-order valence-electron chi connectivity index (χ4n) is 3.64. The van der Waals surface area contributed by atoms with Gasteiger partial charge in [-0.25, -0.2) is 4.98 Å². The predicted octanol–water partition coefficient (Wildman–Crippen LogP) is -1.53. The molecule has 1 saturated heterocycles. The lowest BCUT2D eigenvalue weighted by Crippen LogP contribution is -2.56. The number of carbonyl (C=O) groups excluding carboxylic acids is 3. The molecule has 0 radical (unpaired) electrons. The lowest BCUT2D eigenvalue weighted by Gasteiger charge is -2.28. The quantitative estimate of drug-likeness (QED) is 0.206. The number of carboxylic acids is 1. The van der Waals surface area contributed by atoms with Gasteiger partial charge < -0.3 is 37.1 Å². The van der Waals surface area contributed by atoms with Crippen LogP contribution in [0.2, 0.25) is 0 Å². The van der Waals surface area contributed by atoms with Crippen molar-refractivity contribution < 1.29 is 24.3 Å². The van der Waals surface area contributed by atoms with Crippen LogP contribution in [0.5, 0.6) is 0 Å². The van der Waals surface area contributed by atoms with Crippen LogP contribution in [-0.2, 0) is 25.6 Å². The van der Waals surface area contributed by atoms with Crippen LogP contribution < -0.4 is 22.1 Å². The molecule has 32 heavy (non-hydrogen) atoms. The molecule has 0 aliphatic carbocycles. The first kappa shape index (κ1) is 25.3. The Bertz CT molecular complexity index is 785. The molecule has 8 N–H and O–H groups in total. The topological polar surface area (TPSA) is 197 Å². The first-order valence-electron chi connectivity index (χ1n) is 10.8. The van der Waals surface area contributed by atoms with Crippen LogP contribution in [-0.4, -0.2) is 80.9 Å². The van der Waals surface area contributed by atoms with Crippen molar-refractivity contribution in [1.82, 2.24) is 25.5 Å². The zero-order valence-corrected chi connectivity index (χ0v) is 18.3. The Morgan fingerprint density at radius 1 is 1.31 bits per heavy atom. The molecular formula is C20H33N7O5. The van der Waals surface area contributed by atoms with Crippen molar-refractivity contribution in [2.45, 2.75) is 69.6 Å². The molecule has 1 aromatic rings. The molecule has 0 saturated carbocycles. The molecule has 1 fully saturated rings. The van der Waals surface area contributed by atoms with Gasteiger partial charge in [-0.15, -0.1) is 0 Å². The number of aromatic amines is 1. The lowest BCUT2D eigenvalue weighted by molar-refractivity contribution is -0.142. The van der Waals surface area contributed by atoms with E-state index >= 15 is 0 Å². The van der Waals surface area contributed by atoms with Crippen molar-refractivity contribution in [2.75, 3.05) is 13.1 Å². The second-order valence-electron chi connectivity index (χ2n) is 7.99. The second-order valence-corrected chi connectivity index (χ2v) is 7.99. The fourth-order valence-corrected chi connectivity index (χ4v) is 3.64. The molecule has 12 heteroatoms. The number of unbranched alkanes of at least 4 members (excludes halogenated alkanes) is 1. The van der Waals surface area contributed by atoms with Crippen LogP contribution in [0.4, 0.5) is 0 Å². The van der Waals surface area contributed by atoms with Gasteiger partial charge in [-0.2, -0.15) is 0 Å². The minimum atomic E-state index is -1.18. The molecule has 4 atom stereocenters. The summed E-state index contributed by atoms with van der Waals surface area (Å²) in [7, 11) is 0. The van der Waals surface area contributed by atoms with Gasteiger partial charge in [0.1, 0.15) is 18.1 Å². The Balaban J connectivity index is 2.03. The van der Waals surface area contributed by atoms with Gasteiger partial charge in [0.25, 0.3) is 0 Å². The van der Waals surface area contributed by atoms with E-state index < -0.39 is 42.0 Å². The molecule has 2 heterocycles. The van der Waals surface area contributed by atoms with Gasteiger partial charge in [0.15, 0.2) is 0 Å². The summed E-state index contributed by atoms with van der Waals surface area (Å²) in [6.07, 6.45) is 5.99. The molecule has 1 aliphatic rings. The number of rotatable bonds is 12. The predicted molar refractivity (Wildman–Crippen MR) is 115 cm³/mol. The van der Waals surface area contributed by atoms with E-state index in [1.165, 1.54) is 18.2 Å². The van der Waals surface area contributed by atoms with E-state index in [4.69, 9.17) is 16.6 Å². The summed E-state index contributed by atoms with van der Waals surface area (Å²) in [4.78, 5) is 57.7. The Kier molecular flexibility index (Phi) is 9.60. The van der Waals surface area contributed by atoms with E-state index in [9.17, 15) is 19.2 Å². The third kappa shape index (κ3) is 7.02. The van der Waals surface area contributed by atoms with E-state index in [0.29, 0.717) is 45.2 Å². The number of carbonyl (C=O) groups is 4. The molecule has 3 amide bonds.